The second-order valence-corrected chi connectivity index (χ2v) is 10.3. The van der Waals surface area contributed by atoms with Crippen molar-refractivity contribution in [3.63, 3.8) is 0 Å². The summed E-state index contributed by atoms with van der Waals surface area (Å²) in [5.74, 6) is 0.500. The fourth-order valence-corrected chi connectivity index (χ4v) is 5.87. The number of phosphoric acid groups is 1. The molecular weight excluding hydrogens is 441 g/mol. The van der Waals surface area contributed by atoms with Crippen molar-refractivity contribution in [3.8, 4) is 0 Å². The van der Waals surface area contributed by atoms with E-state index >= 15 is 0 Å². The van der Waals surface area contributed by atoms with Gasteiger partial charge in [-0.3, -0.25) is 13.6 Å². The lowest BCUT2D eigenvalue weighted by Gasteiger charge is -2.48. The van der Waals surface area contributed by atoms with Crippen molar-refractivity contribution >= 4 is 30.8 Å². The fourth-order valence-electron chi connectivity index (χ4n) is 4.57. The second kappa shape index (κ2) is 7.32. The number of phosphoric ester groups is 1. The summed E-state index contributed by atoms with van der Waals surface area (Å²) in [6, 6.07) is 0. The van der Waals surface area contributed by atoms with E-state index in [4.69, 9.17) is 25.3 Å². The predicted molar refractivity (Wildman–Crippen MR) is 116 cm³/mol. The lowest BCUT2D eigenvalue weighted by atomic mass is 9.73. The summed E-state index contributed by atoms with van der Waals surface area (Å²) < 4.78 is 30.8. The van der Waals surface area contributed by atoms with Crippen molar-refractivity contribution in [1.29, 1.82) is 0 Å². The molecule has 2 fully saturated rings. The molecule has 13 nitrogen and oxygen atoms in total. The molecule has 1 unspecified atom stereocenters. The summed E-state index contributed by atoms with van der Waals surface area (Å²) >= 11 is 0. The average molecular weight is 471 g/mol. The van der Waals surface area contributed by atoms with E-state index in [1.807, 2.05) is 0 Å². The molecule has 4 heterocycles. The number of nitrogens with two attached hydrogens (primary N) is 2. The Balaban J connectivity index is 1.89. The van der Waals surface area contributed by atoms with Crippen LogP contribution < -0.4 is 16.8 Å². The Morgan fingerprint density at radius 1 is 1.28 bits per heavy atom. The zero-order valence-corrected chi connectivity index (χ0v) is 19.4. The van der Waals surface area contributed by atoms with Gasteiger partial charge in [0.05, 0.1) is 6.61 Å². The van der Waals surface area contributed by atoms with Gasteiger partial charge in [0.25, 0.3) is 0 Å². The van der Waals surface area contributed by atoms with Crippen molar-refractivity contribution in [3.05, 3.63) is 6.33 Å². The molecule has 2 aliphatic heterocycles. The first-order chi connectivity index (χ1) is 14.8. The number of nitrogen functional groups attached to an aromatic ring is 1. The van der Waals surface area contributed by atoms with Gasteiger partial charge in [0.2, 0.25) is 5.95 Å². The number of anilines is 2. The first-order valence-corrected chi connectivity index (χ1v) is 11.9. The van der Waals surface area contributed by atoms with Crippen LogP contribution in [0.2, 0.25) is 0 Å². The van der Waals surface area contributed by atoms with E-state index in [-0.39, 0.29) is 12.4 Å². The molecule has 0 spiro atoms. The Bertz CT molecular complexity index is 1100. The molecule has 7 N–H and O–H groups in total. The quantitative estimate of drug-likeness (QED) is 0.292. The number of nitrogens with one attached hydrogen (secondary N) is 1. The normalized spacial score (nSPS) is 39.3. The number of aromatic nitrogens is 4. The Morgan fingerprint density at radius 3 is 2.69 bits per heavy atom. The number of aliphatic hydroxyl groups is 1. The molecule has 0 aromatic carbocycles. The van der Waals surface area contributed by atoms with Gasteiger partial charge in [-0.1, -0.05) is 0 Å². The molecule has 5 atom stereocenters. The summed E-state index contributed by atoms with van der Waals surface area (Å²) in [5.41, 5.74) is 5.96. The molecule has 0 saturated carbocycles. The third-order valence-corrected chi connectivity index (χ3v) is 7.93. The molecule has 4 rings (SSSR count). The third-order valence-electron chi connectivity index (χ3n) is 6.88. The highest BCUT2D eigenvalue weighted by atomic mass is 31.2. The van der Waals surface area contributed by atoms with Gasteiger partial charge in [-0.15, -0.1) is 0 Å². The van der Waals surface area contributed by atoms with Crippen LogP contribution in [0.25, 0.3) is 11.2 Å². The first-order valence-electron chi connectivity index (χ1n) is 10.4. The minimum Gasteiger partial charge on any atom is -0.382 e. The molecule has 2 aromatic heterocycles. The van der Waals surface area contributed by atoms with Gasteiger partial charge in [-0.25, -0.2) is 19.5 Å². The summed E-state index contributed by atoms with van der Waals surface area (Å²) in [5, 5.41) is 15.1. The molecule has 0 amide bonds. The molecule has 2 aromatic rings. The van der Waals surface area contributed by atoms with Crippen molar-refractivity contribution < 1.29 is 28.3 Å². The van der Waals surface area contributed by atoms with Crippen LogP contribution in [0.15, 0.2) is 6.33 Å². The van der Waals surface area contributed by atoms with E-state index in [1.165, 1.54) is 20.2 Å². The summed E-state index contributed by atoms with van der Waals surface area (Å²) in [7, 11) is -4.41. The van der Waals surface area contributed by atoms with E-state index in [2.05, 4.69) is 20.3 Å². The number of ether oxygens (including phenoxy) is 1. The molecule has 0 aliphatic carbocycles. The van der Waals surface area contributed by atoms with Crippen LogP contribution in [0.5, 0.6) is 0 Å². The highest BCUT2D eigenvalue weighted by Crippen LogP contribution is 2.66. The maximum Gasteiger partial charge on any atom is 0.473 e. The van der Waals surface area contributed by atoms with Gasteiger partial charge in [-0.05, 0) is 47.1 Å². The minimum absolute atomic E-state index is 0.161. The van der Waals surface area contributed by atoms with Gasteiger partial charge >= 0.3 is 7.82 Å². The molecule has 178 valence electrons. The standard InChI is InChI=1S/C18H30N7O6P/c1-15-9-29-32(27,28)31-17(15,3)16(2,26)18(4,30-15)25-13-11(12(20)22-10-23-13)24-14(25)21-8-6-5-7-19/h10,26H,5-9,19H2,1-4H3,(H,21,24)(H,27,28)(H2,20,22,23)/t15-,16-,17-,18-/m1/s1. The SMILES string of the molecule is C[C@@]1(O)[C@]2(C)OP(=O)(O)OC[C@@]2(C)O[C@@]1(C)n1c(NCCCCN)nc2c(N)ncnc21. The van der Waals surface area contributed by atoms with E-state index in [0.29, 0.717) is 30.2 Å². The number of unbranched alkanes of at least 4 members (excludes halogenated alkanes) is 1. The van der Waals surface area contributed by atoms with Crippen LogP contribution in [0, 0.1) is 0 Å². The number of fused-ring (bicyclic) bond motifs is 2. The monoisotopic (exact) mass is 471 g/mol. The molecule has 32 heavy (non-hydrogen) atoms. The average Bonchev–Trinajstić information content (AvgIpc) is 3.13. The maximum absolute atomic E-state index is 12.3. The second-order valence-electron chi connectivity index (χ2n) is 8.88. The summed E-state index contributed by atoms with van der Waals surface area (Å²) in [6.45, 7) is 7.14. The van der Waals surface area contributed by atoms with Crippen molar-refractivity contribution in [2.75, 3.05) is 30.7 Å². The van der Waals surface area contributed by atoms with Crippen LogP contribution >= 0.6 is 7.82 Å². The fraction of sp³-hybridized carbons (Fsp3) is 0.722. The number of hydrogen-bond acceptors (Lipinski definition) is 11. The predicted octanol–water partition coefficient (Wildman–Crippen LogP) is 0.678. The molecule has 14 heteroatoms. The highest BCUT2D eigenvalue weighted by Gasteiger charge is 2.78. The van der Waals surface area contributed by atoms with Gasteiger partial charge < -0.3 is 31.5 Å². The maximum atomic E-state index is 12.3. The lowest BCUT2D eigenvalue weighted by Crippen LogP contribution is -2.65. The minimum atomic E-state index is -4.41. The number of hydrogen-bond donors (Lipinski definition) is 5. The van der Waals surface area contributed by atoms with E-state index in [9.17, 15) is 14.6 Å². The molecule has 2 saturated heterocycles. The van der Waals surface area contributed by atoms with Crippen molar-refractivity contribution in [2.24, 2.45) is 5.73 Å². The first kappa shape index (κ1) is 23.3. The van der Waals surface area contributed by atoms with Crippen molar-refractivity contribution in [2.45, 2.75) is 63.1 Å². The van der Waals surface area contributed by atoms with E-state index in [0.717, 1.165) is 12.8 Å². The zero-order valence-electron chi connectivity index (χ0n) is 18.5. The van der Waals surface area contributed by atoms with Crippen LogP contribution in [0.4, 0.5) is 11.8 Å². The van der Waals surface area contributed by atoms with Crippen LogP contribution in [0.1, 0.15) is 40.5 Å². The zero-order chi connectivity index (χ0) is 23.6. The number of imidazole rings is 1. The Kier molecular flexibility index (Phi) is 5.33. The lowest BCUT2D eigenvalue weighted by molar-refractivity contribution is -0.192. The number of rotatable bonds is 6. The summed E-state index contributed by atoms with van der Waals surface area (Å²) in [6.07, 6.45) is 2.89. The third kappa shape index (κ3) is 3.07. The van der Waals surface area contributed by atoms with Gasteiger partial charge in [0, 0.05) is 6.54 Å². The Morgan fingerprint density at radius 2 is 2.00 bits per heavy atom. The van der Waals surface area contributed by atoms with E-state index in [1.54, 1.807) is 18.4 Å². The highest BCUT2D eigenvalue weighted by molar-refractivity contribution is 7.47. The van der Waals surface area contributed by atoms with Crippen LogP contribution in [-0.2, 0) is 24.1 Å². The van der Waals surface area contributed by atoms with Crippen LogP contribution in [0.3, 0.4) is 0 Å². The van der Waals surface area contributed by atoms with Gasteiger partial charge in [-0.2, -0.15) is 0 Å². The largest absolute Gasteiger partial charge is 0.473 e. The summed E-state index contributed by atoms with van der Waals surface area (Å²) in [4.78, 5) is 22.9. The molecule has 2 aliphatic rings. The van der Waals surface area contributed by atoms with E-state index < -0.39 is 30.4 Å². The molecular formula is C18H30N7O6P. The molecule has 0 bridgehead atoms. The smallest absolute Gasteiger partial charge is 0.382 e. The Hall–Kier alpha value is -1.86. The van der Waals surface area contributed by atoms with Crippen LogP contribution in [-0.4, -0.2) is 66.0 Å². The Labute approximate surface area is 185 Å². The van der Waals surface area contributed by atoms with Crippen molar-refractivity contribution in [1.82, 2.24) is 19.5 Å². The number of nitrogens with zero attached hydrogens (tertiary/aromatic N) is 4. The molecule has 0 radical (unpaired) electrons. The van der Waals surface area contributed by atoms with Gasteiger partial charge in [0.15, 0.2) is 22.7 Å². The van der Waals surface area contributed by atoms with Gasteiger partial charge in [0.1, 0.15) is 23.1 Å². The topological polar surface area (TPSA) is 193 Å².